The van der Waals surface area contributed by atoms with Gasteiger partial charge in [-0.15, -0.1) is 0 Å². The third kappa shape index (κ3) is 4.89. The molecule has 0 amide bonds. The Balaban J connectivity index is 0.909. The van der Waals surface area contributed by atoms with Crippen molar-refractivity contribution in [1.29, 1.82) is 0 Å². The number of furan rings is 1. The van der Waals surface area contributed by atoms with Gasteiger partial charge in [0.05, 0.1) is 27.2 Å². The van der Waals surface area contributed by atoms with Crippen LogP contribution in [0.25, 0.3) is 116 Å². The summed E-state index contributed by atoms with van der Waals surface area (Å²) in [7, 11) is 0. The van der Waals surface area contributed by atoms with Crippen LogP contribution in [0.1, 0.15) is 44.5 Å². The molecule has 0 saturated heterocycles. The Morgan fingerprint density at radius 3 is 1.28 bits per heavy atom. The van der Waals surface area contributed by atoms with E-state index >= 15 is 0 Å². The second kappa shape index (κ2) is 14.5. The van der Waals surface area contributed by atoms with Crippen LogP contribution >= 0.6 is 0 Å². The van der Waals surface area contributed by atoms with Gasteiger partial charge in [-0.05, 0) is 166 Å². The molecule has 0 atom stereocenters. The van der Waals surface area contributed by atoms with E-state index in [1.165, 1.54) is 106 Å². The molecule has 0 bridgehead atoms. The normalized spacial score (nSPS) is 14.3. The lowest BCUT2D eigenvalue weighted by Gasteiger charge is -2.30. The number of nitrogens with zero attached hydrogens (tertiary/aromatic N) is 1. The fraction of sp³-hybridized carbons (Fsp3) is 0.0270. The summed E-state index contributed by atoms with van der Waals surface area (Å²) in [4.78, 5) is 0. The molecule has 14 aromatic rings. The van der Waals surface area contributed by atoms with E-state index in [4.69, 9.17) is 4.42 Å². The number of para-hydroxylation sites is 2. The predicted molar refractivity (Wildman–Crippen MR) is 312 cm³/mol. The Morgan fingerprint density at radius 1 is 0.263 bits per heavy atom. The van der Waals surface area contributed by atoms with Gasteiger partial charge in [0.15, 0.2) is 0 Å². The zero-order valence-corrected chi connectivity index (χ0v) is 41.2. The van der Waals surface area contributed by atoms with Crippen LogP contribution in [-0.4, -0.2) is 4.57 Å². The summed E-state index contributed by atoms with van der Waals surface area (Å²) in [6.45, 7) is 0. The first-order chi connectivity index (χ1) is 37.7. The van der Waals surface area contributed by atoms with Crippen LogP contribution in [0.5, 0.6) is 0 Å². The van der Waals surface area contributed by atoms with Crippen molar-refractivity contribution in [3.05, 3.63) is 305 Å². The second-order valence-electron chi connectivity index (χ2n) is 21.3. The first-order valence-corrected chi connectivity index (χ1v) is 26.6. The SMILES string of the molecule is c1ccc2c(c1)-c1ccccc1C21c2ccccc2-c2cc(-c3cc(-c4ccc5c(c4)C4(c6ccccc6-c6ccccc64)c4ccccc4-5)cc(-n4c5ccccc5c5c6oc7ccccc7c6ccc54)c3)ccc21. The summed E-state index contributed by atoms with van der Waals surface area (Å²) < 4.78 is 9.29. The Labute approximate surface area is 439 Å². The minimum atomic E-state index is -0.457. The molecule has 76 heavy (non-hydrogen) atoms. The zero-order chi connectivity index (χ0) is 49.4. The predicted octanol–water partition coefficient (Wildman–Crippen LogP) is 18.7. The maximum Gasteiger partial charge on any atom is 0.145 e. The molecule has 350 valence electrons. The molecule has 2 nitrogen and oxygen atoms in total. The Hall–Kier alpha value is -9.76. The van der Waals surface area contributed by atoms with E-state index in [-0.39, 0.29) is 0 Å². The van der Waals surface area contributed by atoms with Gasteiger partial charge in [0.2, 0.25) is 0 Å². The average Bonchev–Trinajstić information content (AvgIpc) is 4.13. The third-order valence-electron chi connectivity index (χ3n) is 18.0. The van der Waals surface area contributed by atoms with Crippen molar-refractivity contribution in [2.75, 3.05) is 0 Å². The fourth-order valence-corrected chi connectivity index (χ4v) is 15.1. The van der Waals surface area contributed by atoms with Crippen LogP contribution in [-0.2, 0) is 10.8 Å². The minimum absolute atomic E-state index is 0.412. The van der Waals surface area contributed by atoms with Gasteiger partial charge in [-0.1, -0.05) is 206 Å². The highest BCUT2D eigenvalue weighted by atomic mass is 16.3. The molecule has 2 heterocycles. The van der Waals surface area contributed by atoms with E-state index < -0.39 is 10.8 Å². The number of fused-ring (bicyclic) bond motifs is 27. The number of hydrogen-bond acceptors (Lipinski definition) is 1. The highest BCUT2D eigenvalue weighted by Gasteiger charge is 2.53. The largest absolute Gasteiger partial charge is 0.455 e. The number of hydrogen-bond donors (Lipinski definition) is 0. The van der Waals surface area contributed by atoms with Crippen molar-refractivity contribution in [3.8, 4) is 72.4 Å². The lowest BCUT2D eigenvalue weighted by molar-refractivity contribution is 0.673. The van der Waals surface area contributed by atoms with E-state index in [0.717, 1.165) is 55.2 Å². The summed E-state index contributed by atoms with van der Waals surface area (Å²) in [6, 6.07) is 98.3. The molecule has 4 aliphatic carbocycles. The van der Waals surface area contributed by atoms with Gasteiger partial charge in [-0.3, -0.25) is 0 Å². The third-order valence-corrected chi connectivity index (χ3v) is 18.0. The van der Waals surface area contributed by atoms with E-state index in [2.05, 4.69) is 265 Å². The summed E-state index contributed by atoms with van der Waals surface area (Å²) in [5.41, 5.74) is 30.2. The molecule has 4 aliphatic rings. The summed E-state index contributed by atoms with van der Waals surface area (Å²) in [6.07, 6.45) is 0. The fourth-order valence-electron chi connectivity index (χ4n) is 15.1. The Morgan fingerprint density at radius 2 is 0.697 bits per heavy atom. The Bertz CT molecular complexity index is 4790. The molecular formula is C74H43NO. The van der Waals surface area contributed by atoms with Gasteiger partial charge >= 0.3 is 0 Å². The molecule has 18 rings (SSSR count). The van der Waals surface area contributed by atoms with Crippen LogP contribution in [0.4, 0.5) is 0 Å². The van der Waals surface area contributed by atoms with E-state index in [1.54, 1.807) is 0 Å². The molecular weight excluding hydrogens is 919 g/mol. The summed E-state index contributed by atoms with van der Waals surface area (Å²) >= 11 is 0. The maximum atomic E-state index is 6.82. The first-order valence-electron chi connectivity index (χ1n) is 26.6. The molecule has 0 fully saturated rings. The van der Waals surface area contributed by atoms with Crippen LogP contribution in [0.2, 0.25) is 0 Å². The topological polar surface area (TPSA) is 18.1 Å². The van der Waals surface area contributed by atoms with Gasteiger partial charge < -0.3 is 8.98 Å². The lowest BCUT2D eigenvalue weighted by Crippen LogP contribution is -2.25. The highest BCUT2D eigenvalue weighted by molar-refractivity contribution is 6.24. The Kier molecular flexibility index (Phi) is 7.77. The van der Waals surface area contributed by atoms with Crippen molar-refractivity contribution in [3.63, 3.8) is 0 Å². The van der Waals surface area contributed by atoms with Gasteiger partial charge in [0, 0.05) is 21.8 Å². The second-order valence-corrected chi connectivity index (χ2v) is 21.3. The molecule has 0 saturated carbocycles. The molecule has 0 radical (unpaired) electrons. The number of rotatable bonds is 3. The van der Waals surface area contributed by atoms with Gasteiger partial charge in [-0.2, -0.15) is 0 Å². The lowest BCUT2D eigenvalue weighted by atomic mass is 9.70. The van der Waals surface area contributed by atoms with Gasteiger partial charge in [0.1, 0.15) is 11.2 Å². The van der Waals surface area contributed by atoms with E-state index in [0.29, 0.717) is 0 Å². The van der Waals surface area contributed by atoms with E-state index in [9.17, 15) is 0 Å². The smallest absolute Gasteiger partial charge is 0.145 e. The average molecular weight is 962 g/mol. The van der Waals surface area contributed by atoms with Crippen LogP contribution < -0.4 is 0 Å². The quantitative estimate of drug-likeness (QED) is 0.173. The molecule has 2 aromatic heterocycles. The molecule has 0 aliphatic heterocycles. The van der Waals surface area contributed by atoms with Crippen LogP contribution in [0.15, 0.2) is 265 Å². The van der Waals surface area contributed by atoms with Gasteiger partial charge in [0.25, 0.3) is 0 Å². The number of aromatic nitrogens is 1. The minimum Gasteiger partial charge on any atom is -0.455 e. The molecule has 0 unspecified atom stereocenters. The van der Waals surface area contributed by atoms with Crippen molar-refractivity contribution in [2.24, 2.45) is 0 Å². The van der Waals surface area contributed by atoms with Crippen molar-refractivity contribution < 1.29 is 4.42 Å². The first kappa shape index (κ1) is 40.7. The van der Waals surface area contributed by atoms with Crippen LogP contribution in [0.3, 0.4) is 0 Å². The molecule has 12 aromatic carbocycles. The van der Waals surface area contributed by atoms with Crippen molar-refractivity contribution >= 4 is 43.7 Å². The van der Waals surface area contributed by atoms with Gasteiger partial charge in [-0.25, -0.2) is 0 Å². The van der Waals surface area contributed by atoms with Crippen molar-refractivity contribution in [1.82, 2.24) is 4.57 Å². The maximum absolute atomic E-state index is 6.82. The van der Waals surface area contributed by atoms with E-state index in [1.807, 2.05) is 0 Å². The standard InChI is InChI=1S/C74H43NO/c1-9-25-60-49(17-1)50-18-2-10-26-61(50)73(60)65-30-14-6-22-54(65)59-42-44(34-37-66(59)73)46-39-47(41-48(40-46)75-68-31-15-7-24-58(68)71-69(75)38-36-57-56-23-8-16-32-70(56)76-72(57)71)45-33-35-55-53-21-5-13-29-64(53)74(67(55)43-45)62-27-11-3-19-51(62)52-20-4-12-28-63(52)74/h1-43H. The molecule has 2 heteroatoms. The number of benzene rings is 12. The summed E-state index contributed by atoms with van der Waals surface area (Å²) in [5, 5.41) is 4.56. The van der Waals surface area contributed by atoms with Crippen molar-refractivity contribution in [2.45, 2.75) is 10.8 Å². The molecule has 0 N–H and O–H groups in total. The summed E-state index contributed by atoms with van der Waals surface area (Å²) in [5.74, 6) is 0. The monoisotopic (exact) mass is 961 g/mol. The van der Waals surface area contributed by atoms with Crippen LogP contribution in [0, 0.1) is 0 Å². The molecule has 2 spiro atoms. The highest BCUT2D eigenvalue weighted by Crippen LogP contribution is 2.65. The zero-order valence-electron chi connectivity index (χ0n) is 41.2.